The van der Waals surface area contributed by atoms with Gasteiger partial charge < -0.3 is 35.8 Å². The molecule has 14 heteroatoms. The highest BCUT2D eigenvalue weighted by Gasteiger charge is 2.44. The quantitative estimate of drug-likeness (QED) is 0.165. The second-order valence-corrected chi connectivity index (χ2v) is 9.28. The number of amides is 2. The van der Waals surface area contributed by atoms with Gasteiger partial charge in [0.25, 0.3) is 5.56 Å². The molecule has 13 nitrogen and oxygen atoms in total. The summed E-state index contributed by atoms with van der Waals surface area (Å²) in [6.07, 6.45) is -0.702. The highest BCUT2D eigenvalue weighted by Crippen LogP contribution is 2.33. The normalized spacial score (nSPS) is 32.5. The Morgan fingerprint density at radius 2 is 1.94 bits per heavy atom. The van der Waals surface area contributed by atoms with E-state index in [1.807, 2.05) is 16.7 Å². The van der Waals surface area contributed by atoms with Crippen molar-refractivity contribution in [2.75, 3.05) is 12.4 Å². The smallest absolute Gasteiger partial charge is 0.330 e. The molecule has 33 heavy (non-hydrogen) atoms. The second-order valence-electron chi connectivity index (χ2n) is 8.01. The molecule has 1 aromatic rings. The maximum Gasteiger partial charge on any atom is 0.330 e. The SMILES string of the molecule is O=C(O)CCCC[C@@H]1SC[C@@H]2NC(=O)N[C@@H]21.O=c1ccn([C@@H]2O[C@H](CO)[C@@H](O)[C@H]2O)c(=O)[nH]1. The number of carbonyl (C=O) groups excluding carboxylic acids is 1. The fraction of sp³-hybridized carbons (Fsp3) is 0.684. The molecule has 3 fully saturated rings. The first-order valence-electron chi connectivity index (χ1n) is 10.6. The van der Waals surface area contributed by atoms with Gasteiger partial charge >= 0.3 is 17.7 Å². The molecule has 0 aromatic carbocycles. The first-order valence-corrected chi connectivity index (χ1v) is 11.6. The Balaban J connectivity index is 0.000000186. The molecule has 3 aliphatic heterocycles. The van der Waals surface area contributed by atoms with Crippen molar-refractivity contribution in [1.82, 2.24) is 20.2 Å². The molecule has 0 aliphatic carbocycles. The van der Waals surface area contributed by atoms with E-state index in [4.69, 9.17) is 14.9 Å². The van der Waals surface area contributed by atoms with Crippen molar-refractivity contribution >= 4 is 23.8 Å². The van der Waals surface area contributed by atoms with Crippen molar-refractivity contribution < 1.29 is 34.8 Å². The van der Waals surface area contributed by atoms with Gasteiger partial charge in [-0.2, -0.15) is 11.8 Å². The minimum Gasteiger partial charge on any atom is -0.481 e. The van der Waals surface area contributed by atoms with Gasteiger partial charge in [-0.1, -0.05) is 6.42 Å². The number of aromatic amines is 1. The molecule has 0 bridgehead atoms. The highest BCUT2D eigenvalue weighted by atomic mass is 32.2. The fourth-order valence-electron chi connectivity index (χ4n) is 4.00. The van der Waals surface area contributed by atoms with Crippen LogP contribution in [-0.2, 0) is 9.53 Å². The number of aliphatic hydroxyl groups is 3. The van der Waals surface area contributed by atoms with E-state index in [1.165, 1.54) is 0 Å². The number of H-pyrrole nitrogens is 1. The number of nitrogens with zero attached hydrogens (tertiary/aromatic N) is 1. The molecule has 3 aliphatic rings. The Labute approximate surface area is 192 Å². The minimum atomic E-state index is -1.35. The first-order chi connectivity index (χ1) is 15.7. The van der Waals surface area contributed by atoms with Crippen molar-refractivity contribution in [3.8, 4) is 0 Å². The van der Waals surface area contributed by atoms with Crippen molar-refractivity contribution in [2.24, 2.45) is 0 Å². The van der Waals surface area contributed by atoms with Gasteiger partial charge in [-0.05, 0) is 12.8 Å². The lowest BCUT2D eigenvalue weighted by atomic mass is 10.0. The van der Waals surface area contributed by atoms with E-state index >= 15 is 0 Å². The van der Waals surface area contributed by atoms with Gasteiger partial charge in [0.15, 0.2) is 6.23 Å². The minimum absolute atomic E-state index is 0.0640. The first kappa shape index (κ1) is 25.2. The Morgan fingerprint density at radius 3 is 2.58 bits per heavy atom. The van der Waals surface area contributed by atoms with Crippen molar-refractivity contribution in [3.05, 3.63) is 33.1 Å². The molecule has 1 aromatic heterocycles. The molecule has 3 saturated heterocycles. The molecular weight excluding hydrogens is 460 g/mol. The number of hydrogen-bond acceptors (Lipinski definition) is 9. The van der Waals surface area contributed by atoms with E-state index < -0.39 is 48.4 Å². The van der Waals surface area contributed by atoms with E-state index in [0.717, 1.165) is 41.8 Å². The van der Waals surface area contributed by atoms with Crippen LogP contribution in [0.2, 0.25) is 0 Å². The predicted octanol–water partition coefficient (Wildman–Crippen LogP) is -2.06. The van der Waals surface area contributed by atoms with Crippen molar-refractivity contribution in [3.63, 3.8) is 0 Å². The maximum absolute atomic E-state index is 11.4. The van der Waals surface area contributed by atoms with Crippen LogP contribution < -0.4 is 21.9 Å². The Kier molecular flexibility index (Phi) is 8.53. The van der Waals surface area contributed by atoms with Crippen LogP contribution >= 0.6 is 11.8 Å². The van der Waals surface area contributed by atoms with Gasteiger partial charge in [-0.3, -0.25) is 19.1 Å². The zero-order chi connectivity index (χ0) is 24.1. The number of unbranched alkanes of at least 4 members (excludes halogenated alkanes) is 1. The molecule has 0 radical (unpaired) electrons. The average Bonchev–Trinajstić information content (AvgIpc) is 3.39. The van der Waals surface area contributed by atoms with E-state index in [9.17, 15) is 29.4 Å². The van der Waals surface area contributed by atoms with Crippen LogP contribution in [0.5, 0.6) is 0 Å². The number of aliphatic hydroxyl groups excluding tert-OH is 3. The predicted molar refractivity (Wildman–Crippen MR) is 116 cm³/mol. The fourth-order valence-corrected chi connectivity index (χ4v) is 5.55. The van der Waals surface area contributed by atoms with Crippen LogP contribution in [0.4, 0.5) is 4.79 Å². The van der Waals surface area contributed by atoms with E-state index in [-0.39, 0.29) is 24.5 Å². The molecule has 184 valence electrons. The third-order valence-corrected chi connectivity index (χ3v) is 7.22. The standard InChI is InChI=1S/C10H16N2O3S.C9H12N2O6/c13-8(14)4-2-1-3-7-9-6(5-16-7)11-10(15)12-9;12-3-4-6(14)7(15)8(17-4)11-2-1-5(13)10-9(11)16/h6-7,9H,1-5H2,(H,13,14)(H2,11,12,15);1-2,4,6-8,12,14-15H,3H2,(H,10,13,16)/t6-,7-,9-;4-,6-,7-,8-/m01/s1. The van der Waals surface area contributed by atoms with Crippen LogP contribution in [-0.4, -0.2) is 90.0 Å². The number of ether oxygens (including phenoxy) is 1. The van der Waals surface area contributed by atoms with Crippen LogP contribution in [0.1, 0.15) is 31.9 Å². The van der Waals surface area contributed by atoms with E-state index in [0.29, 0.717) is 5.25 Å². The number of rotatable bonds is 7. The summed E-state index contributed by atoms with van der Waals surface area (Å²) in [6.45, 7) is -0.479. The molecule has 4 rings (SSSR count). The van der Waals surface area contributed by atoms with Crippen LogP contribution in [0.3, 0.4) is 0 Å². The van der Waals surface area contributed by atoms with Gasteiger partial charge in [-0.15, -0.1) is 0 Å². The summed E-state index contributed by atoms with van der Waals surface area (Å²) < 4.78 is 6.08. The number of thioether (sulfide) groups is 1. The largest absolute Gasteiger partial charge is 0.481 e. The van der Waals surface area contributed by atoms with Gasteiger partial charge in [0.1, 0.15) is 18.3 Å². The van der Waals surface area contributed by atoms with Gasteiger partial charge in [0, 0.05) is 29.7 Å². The Bertz CT molecular complexity index is 954. The number of aliphatic carboxylic acids is 1. The number of aromatic nitrogens is 2. The molecular formula is C19H28N4O9S. The average molecular weight is 489 g/mol. The van der Waals surface area contributed by atoms with Crippen LogP contribution in [0.25, 0.3) is 0 Å². The lowest BCUT2D eigenvalue weighted by molar-refractivity contribution is -0.137. The van der Waals surface area contributed by atoms with Gasteiger partial charge in [0.2, 0.25) is 0 Å². The van der Waals surface area contributed by atoms with Crippen molar-refractivity contribution in [1.29, 1.82) is 0 Å². The summed E-state index contributed by atoms with van der Waals surface area (Å²) in [5.74, 6) is 0.236. The molecule has 0 spiro atoms. The van der Waals surface area contributed by atoms with E-state index in [1.54, 1.807) is 0 Å². The summed E-state index contributed by atoms with van der Waals surface area (Å²) in [5.41, 5.74) is -1.33. The van der Waals surface area contributed by atoms with Crippen LogP contribution in [0, 0.1) is 0 Å². The molecule has 4 heterocycles. The maximum atomic E-state index is 11.4. The molecule has 7 N–H and O–H groups in total. The number of carboxylic acid groups (broad SMARTS) is 1. The summed E-state index contributed by atoms with van der Waals surface area (Å²) in [6, 6.07) is 1.53. The zero-order valence-corrected chi connectivity index (χ0v) is 18.4. The van der Waals surface area contributed by atoms with E-state index in [2.05, 4.69) is 10.6 Å². The number of carboxylic acids is 1. The number of fused-ring (bicyclic) bond motifs is 1. The summed E-state index contributed by atoms with van der Waals surface area (Å²) in [5, 5.41) is 42.9. The zero-order valence-electron chi connectivity index (χ0n) is 17.6. The molecule has 0 saturated carbocycles. The second kappa shape index (κ2) is 11.2. The highest BCUT2D eigenvalue weighted by molar-refractivity contribution is 8.00. The van der Waals surface area contributed by atoms with Gasteiger partial charge in [-0.25, -0.2) is 9.59 Å². The Hall–Kier alpha value is -2.39. The van der Waals surface area contributed by atoms with Crippen LogP contribution in [0.15, 0.2) is 21.9 Å². The summed E-state index contributed by atoms with van der Waals surface area (Å²) >= 11 is 1.87. The monoisotopic (exact) mass is 488 g/mol. The number of hydrogen-bond donors (Lipinski definition) is 7. The third kappa shape index (κ3) is 6.14. The number of carbonyl (C=O) groups is 2. The molecule has 2 amide bonds. The molecule has 0 unspecified atom stereocenters. The summed E-state index contributed by atoms with van der Waals surface area (Å²) in [4.78, 5) is 45.8. The lowest BCUT2D eigenvalue weighted by Crippen LogP contribution is -2.37. The number of nitrogens with one attached hydrogen (secondary N) is 3. The lowest BCUT2D eigenvalue weighted by Gasteiger charge is -2.16. The topological polar surface area (TPSA) is 203 Å². The third-order valence-electron chi connectivity index (χ3n) is 5.71. The van der Waals surface area contributed by atoms with Crippen molar-refractivity contribution in [2.45, 2.75) is 67.6 Å². The number of urea groups is 1. The Morgan fingerprint density at radius 1 is 1.18 bits per heavy atom. The van der Waals surface area contributed by atoms with Gasteiger partial charge in [0.05, 0.1) is 18.7 Å². The summed E-state index contributed by atoms with van der Waals surface area (Å²) in [7, 11) is 0. The molecule has 7 atom stereocenters.